The first-order chi connectivity index (χ1) is 20.3. The first kappa shape index (κ1) is 26.9. The highest BCUT2D eigenvalue weighted by Crippen LogP contribution is 2.43. The Morgan fingerprint density at radius 1 is 0.952 bits per heavy atom. The van der Waals surface area contributed by atoms with Gasteiger partial charge in [0.15, 0.2) is 4.80 Å². The smallest absolute Gasteiger partial charge is 0.289 e. The lowest BCUT2D eigenvalue weighted by Crippen LogP contribution is -2.38. The van der Waals surface area contributed by atoms with Crippen molar-refractivity contribution < 1.29 is 9.34 Å². The highest BCUT2D eigenvalue weighted by Gasteiger charge is 2.33. The molecule has 7 nitrogen and oxygen atoms in total. The average Bonchev–Trinajstić information content (AvgIpc) is 3.57. The van der Waals surface area contributed by atoms with Crippen LogP contribution in [0, 0.1) is 10.1 Å². The molecule has 0 spiro atoms. The molecule has 0 radical (unpaired) electrons. The summed E-state index contributed by atoms with van der Waals surface area (Å²) >= 11 is 20.4. The van der Waals surface area contributed by atoms with E-state index in [1.54, 1.807) is 22.8 Å². The van der Waals surface area contributed by atoms with Crippen LogP contribution in [0.15, 0.2) is 92.6 Å². The molecule has 1 aliphatic carbocycles. The van der Waals surface area contributed by atoms with E-state index in [2.05, 4.69) is 12.1 Å². The molecule has 11 heteroatoms. The molecule has 0 bridgehead atoms. The van der Waals surface area contributed by atoms with Gasteiger partial charge in [-0.1, -0.05) is 88.6 Å². The summed E-state index contributed by atoms with van der Waals surface area (Å²) in [6.45, 7) is 0. The van der Waals surface area contributed by atoms with Gasteiger partial charge in [-0.15, -0.1) is 0 Å². The molecule has 42 heavy (non-hydrogen) atoms. The van der Waals surface area contributed by atoms with E-state index in [0.717, 1.165) is 35.2 Å². The molecule has 0 fully saturated rings. The van der Waals surface area contributed by atoms with Gasteiger partial charge in [-0.3, -0.25) is 19.5 Å². The van der Waals surface area contributed by atoms with Crippen LogP contribution in [0.1, 0.15) is 34.9 Å². The Morgan fingerprint density at radius 3 is 2.55 bits per heavy atom. The number of rotatable bonds is 4. The Labute approximate surface area is 257 Å². The van der Waals surface area contributed by atoms with Crippen LogP contribution < -0.4 is 14.9 Å². The second-order valence-electron chi connectivity index (χ2n) is 9.88. The third kappa shape index (κ3) is 4.42. The number of nitrogens with zero attached hydrogens (tertiary/aromatic N) is 3. The van der Waals surface area contributed by atoms with Gasteiger partial charge in [-0.25, -0.2) is 4.99 Å². The van der Waals surface area contributed by atoms with Gasteiger partial charge in [0.05, 0.1) is 26.2 Å². The number of thiazole rings is 1. The van der Waals surface area contributed by atoms with Gasteiger partial charge in [-0.05, 0) is 53.8 Å². The van der Waals surface area contributed by atoms with Gasteiger partial charge in [0.25, 0.3) is 11.2 Å². The van der Waals surface area contributed by atoms with Crippen LogP contribution in [0.4, 0.5) is 5.69 Å². The Kier molecular flexibility index (Phi) is 6.66. The number of allylic oxidation sites excluding steroid dienone is 1. The maximum Gasteiger partial charge on any atom is 0.289 e. The van der Waals surface area contributed by atoms with Crippen molar-refractivity contribution in [1.82, 2.24) is 4.57 Å². The molecule has 208 valence electrons. The largest absolute Gasteiger partial charge is 0.457 e. The van der Waals surface area contributed by atoms with E-state index in [9.17, 15) is 14.9 Å². The van der Waals surface area contributed by atoms with Crippen molar-refractivity contribution >= 4 is 63.6 Å². The molecular weight excluding hydrogens is 617 g/mol. The van der Waals surface area contributed by atoms with E-state index in [1.807, 2.05) is 36.4 Å². The number of hydrogen-bond donors (Lipinski definition) is 0. The molecule has 0 saturated heterocycles. The fourth-order valence-electron chi connectivity index (χ4n) is 5.57. The molecule has 1 aliphatic heterocycles. The summed E-state index contributed by atoms with van der Waals surface area (Å²) in [7, 11) is 0. The minimum atomic E-state index is -0.600. The normalized spacial score (nSPS) is 16.1. The van der Waals surface area contributed by atoms with Crippen molar-refractivity contribution in [3.05, 3.63) is 146 Å². The number of halogens is 3. The SMILES string of the molecule is O=c1/c(=C/c2ccc(-c3cc(Cl)c([N+](=O)[O-])cc3Cl)o2)sc2n1[C@@H](c1ccccc1Cl)C1=C(N=2)c2ccccc2CC1. The molecule has 0 N–H and O–H groups in total. The predicted molar refractivity (Wildman–Crippen MR) is 165 cm³/mol. The Morgan fingerprint density at radius 2 is 1.74 bits per heavy atom. The minimum Gasteiger partial charge on any atom is -0.457 e. The molecule has 3 heterocycles. The number of nitro groups is 1. The highest BCUT2D eigenvalue weighted by atomic mass is 35.5. The quantitative estimate of drug-likeness (QED) is 0.152. The summed E-state index contributed by atoms with van der Waals surface area (Å²) in [4.78, 5) is 30.2. The number of fused-ring (bicyclic) bond motifs is 3. The zero-order valence-corrected chi connectivity index (χ0v) is 24.6. The molecular formula is C31H18Cl3N3O4S. The van der Waals surface area contributed by atoms with Crippen LogP contribution in [0.5, 0.6) is 0 Å². The second-order valence-corrected chi connectivity index (χ2v) is 12.1. The van der Waals surface area contributed by atoms with Gasteiger partial charge in [0, 0.05) is 28.3 Å². The standard InChI is InChI=1S/C31H18Cl3N3O4S/c32-22-8-4-3-7-19(22)29-20-11-9-16-5-1-2-6-18(16)28(20)35-31-36(29)30(38)27(42-31)13-17-10-12-26(41-17)21-14-24(34)25(37(39)40)15-23(21)33/h1-8,10,12-15,29H,9,11H2/b27-13-/t29-/m0/s1. The molecule has 1 atom stereocenters. The van der Waals surface area contributed by atoms with Crippen LogP contribution >= 0.6 is 46.1 Å². The van der Waals surface area contributed by atoms with E-state index in [1.165, 1.54) is 29.0 Å². The zero-order chi connectivity index (χ0) is 29.1. The van der Waals surface area contributed by atoms with Crippen LogP contribution in [0.2, 0.25) is 15.1 Å². The van der Waals surface area contributed by atoms with Gasteiger partial charge in [0.2, 0.25) is 0 Å². The number of aromatic nitrogens is 1. The number of aryl methyl sites for hydroxylation is 1. The first-order valence-corrected chi connectivity index (χ1v) is 14.9. The molecule has 3 aromatic carbocycles. The second kappa shape index (κ2) is 10.4. The lowest BCUT2D eigenvalue weighted by molar-refractivity contribution is -0.384. The zero-order valence-electron chi connectivity index (χ0n) is 21.5. The summed E-state index contributed by atoms with van der Waals surface area (Å²) in [6, 6.07) is 21.4. The van der Waals surface area contributed by atoms with Gasteiger partial charge >= 0.3 is 0 Å². The fraction of sp³-hybridized carbons (Fsp3) is 0.0968. The van der Waals surface area contributed by atoms with Crippen molar-refractivity contribution in [3.63, 3.8) is 0 Å². The Hall–Kier alpha value is -3.95. The number of hydrogen-bond acceptors (Lipinski definition) is 6. The van der Waals surface area contributed by atoms with Crippen molar-refractivity contribution in [2.75, 3.05) is 0 Å². The molecule has 0 amide bonds. The molecule has 0 saturated carbocycles. The lowest BCUT2D eigenvalue weighted by Gasteiger charge is -2.31. The van der Waals surface area contributed by atoms with Crippen molar-refractivity contribution in [2.24, 2.45) is 4.99 Å². The summed E-state index contributed by atoms with van der Waals surface area (Å²) in [5.74, 6) is 0.765. The van der Waals surface area contributed by atoms with Gasteiger partial charge < -0.3 is 4.42 Å². The lowest BCUT2D eigenvalue weighted by atomic mass is 9.83. The van der Waals surface area contributed by atoms with Gasteiger partial charge in [0.1, 0.15) is 16.5 Å². The Bertz CT molecular complexity index is 2160. The monoisotopic (exact) mass is 633 g/mol. The molecule has 2 aliphatic rings. The third-order valence-corrected chi connectivity index (χ3v) is 9.41. The average molecular weight is 635 g/mol. The number of furan rings is 1. The van der Waals surface area contributed by atoms with Gasteiger partial charge in [-0.2, -0.15) is 0 Å². The number of nitro benzene ring substituents is 1. The minimum absolute atomic E-state index is 0.0595. The highest BCUT2D eigenvalue weighted by molar-refractivity contribution is 7.07. The van der Waals surface area contributed by atoms with E-state index >= 15 is 0 Å². The third-order valence-electron chi connectivity index (χ3n) is 7.47. The van der Waals surface area contributed by atoms with Crippen molar-refractivity contribution in [1.29, 1.82) is 0 Å². The van der Waals surface area contributed by atoms with Crippen LogP contribution in [0.3, 0.4) is 0 Å². The van der Waals surface area contributed by atoms with Crippen molar-refractivity contribution in [2.45, 2.75) is 18.9 Å². The van der Waals surface area contributed by atoms with E-state index in [0.29, 0.717) is 31.4 Å². The predicted octanol–water partition coefficient (Wildman–Crippen LogP) is 7.45. The maximum absolute atomic E-state index is 14.0. The molecule has 0 unspecified atom stereocenters. The van der Waals surface area contributed by atoms with E-state index in [-0.39, 0.29) is 21.3 Å². The summed E-state index contributed by atoms with van der Waals surface area (Å²) in [5, 5.41) is 11.9. The van der Waals surface area contributed by atoms with Crippen LogP contribution in [0.25, 0.3) is 23.1 Å². The Balaban J connectivity index is 1.38. The first-order valence-electron chi connectivity index (χ1n) is 12.9. The molecule has 5 aromatic rings. The number of benzene rings is 3. The van der Waals surface area contributed by atoms with Crippen LogP contribution in [-0.2, 0) is 6.42 Å². The van der Waals surface area contributed by atoms with Crippen molar-refractivity contribution in [3.8, 4) is 11.3 Å². The topological polar surface area (TPSA) is 90.6 Å². The van der Waals surface area contributed by atoms with E-state index < -0.39 is 11.0 Å². The summed E-state index contributed by atoms with van der Waals surface area (Å²) in [5.41, 5.74) is 5.00. The maximum atomic E-state index is 14.0. The van der Waals surface area contributed by atoms with Crippen LogP contribution in [-0.4, -0.2) is 9.49 Å². The van der Waals surface area contributed by atoms with E-state index in [4.69, 9.17) is 44.2 Å². The summed E-state index contributed by atoms with van der Waals surface area (Å²) < 4.78 is 8.16. The fourth-order valence-corrected chi connectivity index (χ4v) is 7.27. The molecule has 7 rings (SSSR count). The molecule has 2 aromatic heterocycles. The summed E-state index contributed by atoms with van der Waals surface area (Å²) in [6.07, 6.45) is 3.27.